The van der Waals surface area contributed by atoms with Crippen molar-refractivity contribution in [3.8, 4) is 11.5 Å². The monoisotopic (exact) mass is 462 g/mol. The van der Waals surface area contributed by atoms with Gasteiger partial charge in [-0.25, -0.2) is 4.90 Å². The number of benzene rings is 3. The largest absolute Gasteiger partial charge is 0.495 e. The van der Waals surface area contributed by atoms with Gasteiger partial charge in [-0.3, -0.25) is 19.7 Å². The van der Waals surface area contributed by atoms with E-state index in [0.29, 0.717) is 27.7 Å². The molecule has 0 aliphatic carbocycles. The number of carbonyl (C=O) groups excluding carboxylic acids is 2. The van der Waals surface area contributed by atoms with Gasteiger partial charge in [0.1, 0.15) is 18.1 Å². The fourth-order valence-corrected chi connectivity index (χ4v) is 4.06. The molecule has 9 heteroatoms. The van der Waals surface area contributed by atoms with Crippen LogP contribution in [0.25, 0.3) is 6.08 Å². The van der Waals surface area contributed by atoms with Crippen LogP contribution in [-0.2, 0) is 11.4 Å². The van der Waals surface area contributed by atoms with Crippen molar-refractivity contribution in [3.63, 3.8) is 0 Å². The molecule has 166 valence electrons. The highest BCUT2D eigenvalue weighted by molar-refractivity contribution is 8.19. The standard InChI is InChI=1S/C24H18N2O6S/c1-31-21-8-3-2-7-20(21)25-23(27)22(33-24(25)28)14-16-9-11-19(12-10-16)32-15-17-5-4-6-18(13-17)26(29)30/h2-14H,15H2,1H3. The van der Waals surface area contributed by atoms with Crippen molar-refractivity contribution in [1.82, 2.24) is 0 Å². The van der Waals surface area contributed by atoms with E-state index in [1.54, 1.807) is 66.7 Å². The Hall–Kier alpha value is -4.11. The van der Waals surface area contributed by atoms with Gasteiger partial charge in [0.05, 0.1) is 22.6 Å². The molecule has 3 aromatic rings. The summed E-state index contributed by atoms with van der Waals surface area (Å²) in [6, 6.07) is 20.1. The first kappa shape index (κ1) is 22.1. The van der Waals surface area contributed by atoms with Gasteiger partial charge in [0.15, 0.2) is 0 Å². The summed E-state index contributed by atoms with van der Waals surface area (Å²) in [5.74, 6) is 0.590. The van der Waals surface area contributed by atoms with Crippen molar-refractivity contribution in [3.05, 3.63) is 98.9 Å². The quantitative estimate of drug-likeness (QED) is 0.262. The molecule has 0 atom stereocenters. The van der Waals surface area contributed by atoms with E-state index in [2.05, 4.69) is 0 Å². The van der Waals surface area contributed by atoms with Crippen LogP contribution in [0.1, 0.15) is 11.1 Å². The minimum atomic E-state index is -0.451. The number of thioether (sulfide) groups is 1. The topological polar surface area (TPSA) is 99.0 Å². The molecule has 1 fully saturated rings. The van der Waals surface area contributed by atoms with Gasteiger partial charge in [0, 0.05) is 12.1 Å². The molecule has 0 spiro atoms. The van der Waals surface area contributed by atoms with E-state index < -0.39 is 16.1 Å². The molecule has 1 heterocycles. The average molecular weight is 462 g/mol. The highest BCUT2D eigenvalue weighted by Gasteiger charge is 2.37. The van der Waals surface area contributed by atoms with Gasteiger partial charge in [0.25, 0.3) is 16.8 Å². The molecule has 0 N–H and O–H groups in total. The molecule has 1 aliphatic heterocycles. The highest BCUT2D eigenvalue weighted by Crippen LogP contribution is 2.39. The molecular formula is C24H18N2O6S. The zero-order valence-electron chi connectivity index (χ0n) is 17.5. The second-order valence-electron chi connectivity index (χ2n) is 6.97. The van der Waals surface area contributed by atoms with Crippen LogP contribution < -0.4 is 14.4 Å². The van der Waals surface area contributed by atoms with E-state index in [0.717, 1.165) is 22.2 Å². The Bertz CT molecular complexity index is 1260. The van der Waals surface area contributed by atoms with E-state index in [1.807, 2.05) is 0 Å². The maximum Gasteiger partial charge on any atom is 0.298 e. The second-order valence-corrected chi connectivity index (χ2v) is 7.97. The minimum Gasteiger partial charge on any atom is -0.495 e. The van der Waals surface area contributed by atoms with Crippen LogP contribution in [0.15, 0.2) is 77.7 Å². The van der Waals surface area contributed by atoms with Crippen molar-refractivity contribution < 1.29 is 24.0 Å². The minimum absolute atomic E-state index is 0.00789. The van der Waals surface area contributed by atoms with Crippen LogP contribution in [0, 0.1) is 10.1 Å². The Labute approximate surface area is 193 Å². The van der Waals surface area contributed by atoms with E-state index in [4.69, 9.17) is 9.47 Å². The summed E-state index contributed by atoms with van der Waals surface area (Å²) in [6.45, 7) is 0.179. The SMILES string of the molecule is COc1ccccc1N1C(=O)SC(=Cc2ccc(OCc3cccc([N+](=O)[O-])c3)cc2)C1=O. The number of carbonyl (C=O) groups is 2. The Morgan fingerprint density at radius 2 is 1.79 bits per heavy atom. The lowest BCUT2D eigenvalue weighted by Gasteiger charge is -2.15. The lowest BCUT2D eigenvalue weighted by molar-refractivity contribution is -0.384. The Morgan fingerprint density at radius 1 is 1.03 bits per heavy atom. The van der Waals surface area contributed by atoms with Crippen LogP contribution in [0.4, 0.5) is 16.2 Å². The molecule has 0 saturated carbocycles. The maximum absolute atomic E-state index is 12.9. The van der Waals surface area contributed by atoms with E-state index in [-0.39, 0.29) is 12.3 Å². The molecule has 0 aromatic heterocycles. The third kappa shape index (κ3) is 4.88. The van der Waals surface area contributed by atoms with Crippen LogP contribution >= 0.6 is 11.8 Å². The van der Waals surface area contributed by atoms with Crippen LogP contribution in [0.2, 0.25) is 0 Å². The summed E-state index contributed by atoms with van der Waals surface area (Å²) in [5, 5.41) is 10.5. The first-order valence-corrected chi connectivity index (χ1v) is 10.6. The average Bonchev–Trinajstić information content (AvgIpc) is 3.11. The molecule has 8 nitrogen and oxygen atoms in total. The van der Waals surface area contributed by atoms with Gasteiger partial charge in [-0.15, -0.1) is 0 Å². The number of hydrogen-bond donors (Lipinski definition) is 0. The molecule has 1 aliphatic rings. The van der Waals surface area contributed by atoms with Gasteiger partial charge in [-0.2, -0.15) is 0 Å². The number of non-ortho nitro benzene ring substituents is 1. The number of rotatable bonds is 7. The fraction of sp³-hybridized carbons (Fsp3) is 0.0833. The van der Waals surface area contributed by atoms with E-state index in [1.165, 1.54) is 19.2 Å². The van der Waals surface area contributed by atoms with Gasteiger partial charge in [-0.05, 0) is 53.2 Å². The third-order valence-corrected chi connectivity index (χ3v) is 5.69. The number of hydrogen-bond acceptors (Lipinski definition) is 7. The van der Waals surface area contributed by atoms with Crippen LogP contribution in [-0.4, -0.2) is 23.2 Å². The number of amides is 2. The van der Waals surface area contributed by atoms with E-state index >= 15 is 0 Å². The molecule has 0 radical (unpaired) electrons. The van der Waals surface area contributed by atoms with Crippen LogP contribution in [0.3, 0.4) is 0 Å². The molecule has 4 rings (SSSR count). The Morgan fingerprint density at radius 3 is 2.52 bits per heavy atom. The number of ether oxygens (including phenoxy) is 2. The summed E-state index contributed by atoms with van der Waals surface area (Å²) in [7, 11) is 1.48. The number of para-hydroxylation sites is 2. The van der Waals surface area contributed by atoms with Crippen molar-refractivity contribution in [2.45, 2.75) is 6.61 Å². The lowest BCUT2D eigenvalue weighted by atomic mass is 10.2. The number of nitro groups is 1. The Kier molecular flexibility index (Phi) is 6.41. The first-order valence-electron chi connectivity index (χ1n) is 9.83. The van der Waals surface area contributed by atoms with Crippen LogP contribution in [0.5, 0.6) is 11.5 Å². The predicted molar refractivity (Wildman–Crippen MR) is 125 cm³/mol. The smallest absolute Gasteiger partial charge is 0.298 e. The molecule has 1 saturated heterocycles. The van der Waals surface area contributed by atoms with Crippen molar-refractivity contribution in [1.29, 1.82) is 0 Å². The summed E-state index contributed by atoms with van der Waals surface area (Å²) in [5.41, 5.74) is 1.81. The van der Waals surface area contributed by atoms with Crippen molar-refractivity contribution in [2.24, 2.45) is 0 Å². The number of anilines is 1. The summed E-state index contributed by atoms with van der Waals surface area (Å²) >= 11 is 0.863. The zero-order chi connectivity index (χ0) is 23.4. The van der Waals surface area contributed by atoms with Gasteiger partial charge < -0.3 is 9.47 Å². The normalized spacial score (nSPS) is 14.6. The molecule has 0 bridgehead atoms. The Balaban J connectivity index is 1.45. The first-order chi connectivity index (χ1) is 16.0. The number of nitro benzene ring substituents is 1. The van der Waals surface area contributed by atoms with Gasteiger partial charge in [0.2, 0.25) is 0 Å². The summed E-state index contributed by atoms with van der Waals surface area (Å²) in [4.78, 5) is 37.2. The third-order valence-electron chi connectivity index (χ3n) is 4.82. The number of nitrogens with zero attached hydrogens (tertiary/aromatic N) is 2. The highest BCUT2D eigenvalue weighted by atomic mass is 32.2. The molecular weight excluding hydrogens is 444 g/mol. The van der Waals surface area contributed by atoms with Crippen molar-refractivity contribution >= 4 is 40.4 Å². The number of imide groups is 1. The molecule has 0 unspecified atom stereocenters. The zero-order valence-corrected chi connectivity index (χ0v) is 18.3. The van der Waals surface area contributed by atoms with Gasteiger partial charge >= 0.3 is 0 Å². The van der Waals surface area contributed by atoms with E-state index in [9.17, 15) is 19.7 Å². The van der Waals surface area contributed by atoms with Crippen molar-refractivity contribution in [2.75, 3.05) is 12.0 Å². The maximum atomic E-state index is 12.9. The second kappa shape index (κ2) is 9.58. The predicted octanol–water partition coefficient (Wildman–Crippen LogP) is 5.42. The lowest BCUT2D eigenvalue weighted by Crippen LogP contribution is -2.28. The molecule has 33 heavy (non-hydrogen) atoms. The molecule has 3 aromatic carbocycles. The summed E-state index contributed by atoms with van der Waals surface area (Å²) in [6.07, 6.45) is 1.64. The molecule has 2 amide bonds. The summed E-state index contributed by atoms with van der Waals surface area (Å²) < 4.78 is 11.0. The van der Waals surface area contributed by atoms with Gasteiger partial charge in [-0.1, -0.05) is 36.4 Å². The fourth-order valence-electron chi connectivity index (χ4n) is 3.23. The number of methoxy groups -OCH3 is 1.